The van der Waals surface area contributed by atoms with Gasteiger partial charge in [-0.1, -0.05) is 31.4 Å². The third-order valence-electron chi connectivity index (χ3n) is 7.03. The number of thiazole rings is 1. The van der Waals surface area contributed by atoms with E-state index in [0.29, 0.717) is 24.0 Å². The fourth-order valence-electron chi connectivity index (χ4n) is 5.10. The lowest BCUT2D eigenvalue weighted by atomic mass is 9.72. The SMILES string of the molecule is Cn1cnc2c1c(=O)n(CCCOC(=O)C1(Cc3nc4ccccc4s3)CCCCC1)c(=O)n2C. The summed E-state index contributed by atoms with van der Waals surface area (Å²) in [5.74, 6) is -0.196. The molecule has 184 valence electrons. The molecule has 1 saturated carbocycles. The predicted octanol–water partition coefficient (Wildman–Crippen LogP) is 3.17. The van der Waals surface area contributed by atoms with Crippen LogP contribution in [0.2, 0.25) is 0 Å². The minimum atomic E-state index is -0.563. The van der Waals surface area contributed by atoms with Crippen LogP contribution in [0.3, 0.4) is 0 Å². The van der Waals surface area contributed by atoms with Gasteiger partial charge in [-0.2, -0.15) is 0 Å². The van der Waals surface area contributed by atoms with Crippen molar-refractivity contribution < 1.29 is 9.53 Å². The van der Waals surface area contributed by atoms with E-state index >= 15 is 0 Å². The monoisotopic (exact) mass is 495 g/mol. The zero-order chi connectivity index (χ0) is 24.6. The molecule has 1 aliphatic carbocycles. The van der Waals surface area contributed by atoms with Crippen molar-refractivity contribution in [1.82, 2.24) is 23.7 Å². The van der Waals surface area contributed by atoms with Crippen LogP contribution in [0.25, 0.3) is 21.4 Å². The number of carbonyl (C=O) groups excluding carboxylic acids is 1. The van der Waals surface area contributed by atoms with Crippen LogP contribution < -0.4 is 11.2 Å². The maximum atomic E-state index is 13.3. The summed E-state index contributed by atoms with van der Waals surface area (Å²) >= 11 is 1.64. The van der Waals surface area contributed by atoms with Gasteiger partial charge in [0.05, 0.1) is 33.6 Å². The van der Waals surface area contributed by atoms with Crippen LogP contribution in [0.5, 0.6) is 0 Å². The lowest BCUT2D eigenvalue weighted by molar-refractivity contribution is -0.158. The Morgan fingerprint density at radius 2 is 1.91 bits per heavy atom. The Labute approximate surface area is 206 Å². The molecule has 5 rings (SSSR count). The van der Waals surface area contributed by atoms with Crippen molar-refractivity contribution in [2.24, 2.45) is 19.5 Å². The Bertz CT molecular complexity index is 1470. The number of fused-ring (bicyclic) bond motifs is 2. The van der Waals surface area contributed by atoms with Gasteiger partial charge in [0.2, 0.25) is 0 Å². The van der Waals surface area contributed by atoms with Crippen molar-refractivity contribution in [2.75, 3.05) is 6.61 Å². The van der Waals surface area contributed by atoms with Gasteiger partial charge in [0.1, 0.15) is 0 Å². The van der Waals surface area contributed by atoms with E-state index in [4.69, 9.17) is 9.72 Å². The number of benzene rings is 1. The molecule has 1 aromatic carbocycles. The highest BCUT2D eigenvalue weighted by atomic mass is 32.1. The highest BCUT2D eigenvalue weighted by Crippen LogP contribution is 2.41. The second kappa shape index (κ2) is 9.41. The average Bonchev–Trinajstić information content (AvgIpc) is 3.45. The largest absolute Gasteiger partial charge is 0.465 e. The molecule has 1 fully saturated rings. The molecule has 0 spiro atoms. The van der Waals surface area contributed by atoms with E-state index in [-0.39, 0.29) is 24.7 Å². The molecule has 1 aliphatic rings. The van der Waals surface area contributed by atoms with Gasteiger partial charge >= 0.3 is 11.7 Å². The number of rotatable bonds is 7. The first-order valence-corrected chi connectivity index (χ1v) is 12.8. The first-order chi connectivity index (χ1) is 16.9. The number of carbonyl (C=O) groups is 1. The molecule has 0 radical (unpaired) electrons. The zero-order valence-electron chi connectivity index (χ0n) is 20.0. The molecular weight excluding hydrogens is 466 g/mol. The highest BCUT2D eigenvalue weighted by Gasteiger charge is 2.41. The molecule has 0 aliphatic heterocycles. The minimum Gasteiger partial charge on any atom is -0.465 e. The summed E-state index contributed by atoms with van der Waals surface area (Å²) in [4.78, 5) is 47.8. The fraction of sp³-hybridized carbons (Fsp3) is 0.480. The number of para-hydroxylation sites is 1. The highest BCUT2D eigenvalue weighted by molar-refractivity contribution is 7.18. The molecule has 0 N–H and O–H groups in total. The van der Waals surface area contributed by atoms with Crippen LogP contribution >= 0.6 is 11.3 Å². The summed E-state index contributed by atoms with van der Waals surface area (Å²) in [7, 11) is 3.32. The number of esters is 1. The third kappa shape index (κ3) is 4.31. The van der Waals surface area contributed by atoms with Crippen LogP contribution in [-0.2, 0) is 36.6 Å². The third-order valence-corrected chi connectivity index (χ3v) is 8.07. The first-order valence-electron chi connectivity index (χ1n) is 12.0. The van der Waals surface area contributed by atoms with Gasteiger partial charge in [-0.15, -0.1) is 11.3 Å². The molecule has 10 heteroatoms. The minimum absolute atomic E-state index is 0.152. The Hall–Kier alpha value is -3.27. The van der Waals surface area contributed by atoms with Gasteiger partial charge in [-0.05, 0) is 31.4 Å². The summed E-state index contributed by atoms with van der Waals surface area (Å²) in [5.41, 5.74) is 0.331. The van der Waals surface area contributed by atoms with E-state index < -0.39 is 11.1 Å². The first kappa shape index (κ1) is 23.5. The van der Waals surface area contributed by atoms with E-state index in [2.05, 4.69) is 11.1 Å². The zero-order valence-corrected chi connectivity index (χ0v) is 20.8. The maximum absolute atomic E-state index is 13.3. The molecule has 0 bridgehead atoms. The Kier molecular flexibility index (Phi) is 6.31. The van der Waals surface area contributed by atoms with Gasteiger partial charge in [0, 0.05) is 27.1 Å². The fourth-order valence-corrected chi connectivity index (χ4v) is 6.21. The summed E-state index contributed by atoms with van der Waals surface area (Å²) in [5, 5.41) is 0.963. The van der Waals surface area contributed by atoms with E-state index in [0.717, 1.165) is 47.3 Å². The van der Waals surface area contributed by atoms with Gasteiger partial charge in [0.25, 0.3) is 5.56 Å². The van der Waals surface area contributed by atoms with Crippen LogP contribution in [0.15, 0.2) is 40.2 Å². The number of aromatic nitrogens is 5. The summed E-state index contributed by atoms with van der Waals surface area (Å²) < 4.78 is 11.1. The number of ether oxygens (including phenoxy) is 1. The second-order valence-corrected chi connectivity index (χ2v) is 10.5. The molecule has 3 heterocycles. The van der Waals surface area contributed by atoms with Crippen LogP contribution in [0.4, 0.5) is 0 Å². The summed E-state index contributed by atoms with van der Waals surface area (Å²) in [6.45, 7) is 0.324. The van der Waals surface area contributed by atoms with E-state index in [1.807, 2.05) is 18.2 Å². The molecule has 0 saturated heterocycles. The van der Waals surface area contributed by atoms with Gasteiger partial charge in [-0.3, -0.25) is 18.7 Å². The Balaban J connectivity index is 1.28. The van der Waals surface area contributed by atoms with Gasteiger partial charge < -0.3 is 9.30 Å². The summed E-state index contributed by atoms with van der Waals surface area (Å²) in [6.07, 6.45) is 7.18. The molecule has 0 amide bonds. The number of aryl methyl sites for hydroxylation is 2. The van der Waals surface area contributed by atoms with Crippen molar-refractivity contribution in [3.63, 3.8) is 0 Å². The molecule has 4 aromatic rings. The Morgan fingerprint density at radius 3 is 2.69 bits per heavy atom. The smallest absolute Gasteiger partial charge is 0.332 e. The topological polar surface area (TPSA) is 101 Å². The van der Waals surface area contributed by atoms with Gasteiger partial charge in [0.15, 0.2) is 11.2 Å². The van der Waals surface area contributed by atoms with Crippen molar-refractivity contribution in [3.05, 3.63) is 56.4 Å². The molecular formula is C25H29N5O4S. The molecule has 0 unspecified atom stereocenters. The van der Waals surface area contributed by atoms with Crippen LogP contribution in [0, 0.1) is 5.41 Å². The molecule has 0 atom stereocenters. The molecule has 3 aromatic heterocycles. The number of nitrogens with zero attached hydrogens (tertiary/aromatic N) is 5. The maximum Gasteiger partial charge on any atom is 0.332 e. The quantitative estimate of drug-likeness (QED) is 0.288. The molecule has 35 heavy (non-hydrogen) atoms. The van der Waals surface area contributed by atoms with E-state index in [9.17, 15) is 14.4 Å². The van der Waals surface area contributed by atoms with Crippen molar-refractivity contribution in [2.45, 2.75) is 51.5 Å². The van der Waals surface area contributed by atoms with Crippen molar-refractivity contribution >= 4 is 38.7 Å². The van der Waals surface area contributed by atoms with E-state index in [1.165, 1.54) is 15.5 Å². The average molecular weight is 496 g/mol. The standard InChI is InChI=1S/C25H29N5O4S/c1-28-16-26-21-20(28)22(31)30(24(33)29(21)2)13-8-14-34-23(32)25(11-6-3-7-12-25)15-19-27-17-9-4-5-10-18(17)35-19/h4-5,9-10,16H,3,6-8,11-15H2,1-2H3. The van der Waals surface area contributed by atoms with Crippen LogP contribution in [-0.4, -0.2) is 36.2 Å². The van der Waals surface area contributed by atoms with E-state index in [1.54, 1.807) is 30.0 Å². The number of imidazole rings is 1. The summed E-state index contributed by atoms with van der Waals surface area (Å²) in [6, 6.07) is 8.02. The lowest BCUT2D eigenvalue weighted by Gasteiger charge is -2.34. The normalized spacial score (nSPS) is 15.6. The molecule has 9 nitrogen and oxygen atoms in total. The second-order valence-electron chi connectivity index (χ2n) is 9.41. The number of hydrogen-bond acceptors (Lipinski definition) is 7. The van der Waals surface area contributed by atoms with Crippen molar-refractivity contribution in [3.8, 4) is 0 Å². The number of hydrogen-bond donors (Lipinski definition) is 0. The van der Waals surface area contributed by atoms with Gasteiger partial charge in [-0.25, -0.2) is 14.8 Å². The lowest BCUT2D eigenvalue weighted by Crippen LogP contribution is -2.40. The van der Waals surface area contributed by atoms with Crippen molar-refractivity contribution in [1.29, 1.82) is 0 Å². The predicted molar refractivity (Wildman–Crippen MR) is 135 cm³/mol. The van der Waals surface area contributed by atoms with Crippen LogP contribution in [0.1, 0.15) is 43.5 Å². The Morgan fingerprint density at radius 1 is 1.14 bits per heavy atom.